The van der Waals surface area contributed by atoms with Gasteiger partial charge >= 0.3 is 0 Å². The molecule has 1 aliphatic rings. The van der Waals surface area contributed by atoms with Crippen molar-refractivity contribution >= 4 is 27.5 Å². The minimum absolute atomic E-state index is 0.135. The quantitative estimate of drug-likeness (QED) is 0.759. The highest BCUT2D eigenvalue weighted by Gasteiger charge is 2.14. The number of rotatable bonds is 6. The largest absolute Gasteiger partial charge is 0.383 e. The van der Waals surface area contributed by atoms with E-state index in [2.05, 4.69) is 49.7 Å². The van der Waals surface area contributed by atoms with Crippen LogP contribution in [-0.2, 0) is 16.1 Å². The Morgan fingerprint density at radius 3 is 3.05 bits per heavy atom. The highest BCUT2D eigenvalue weighted by Crippen LogP contribution is 2.24. The fourth-order valence-electron chi connectivity index (χ4n) is 2.30. The maximum absolute atomic E-state index is 11.4. The summed E-state index contributed by atoms with van der Waals surface area (Å²) >= 11 is 3.63. The Balaban J connectivity index is 1.96. The van der Waals surface area contributed by atoms with Crippen LogP contribution >= 0.6 is 15.9 Å². The van der Waals surface area contributed by atoms with Gasteiger partial charge in [-0.3, -0.25) is 4.79 Å². The molecule has 1 heterocycles. The van der Waals surface area contributed by atoms with Crippen LogP contribution in [0.4, 0.5) is 5.69 Å². The van der Waals surface area contributed by atoms with Gasteiger partial charge in [0.2, 0.25) is 5.91 Å². The van der Waals surface area contributed by atoms with Crippen molar-refractivity contribution in [1.29, 1.82) is 0 Å². The van der Waals surface area contributed by atoms with Crippen molar-refractivity contribution in [2.24, 2.45) is 0 Å². The zero-order chi connectivity index (χ0) is 15.1. The van der Waals surface area contributed by atoms with Gasteiger partial charge in [0.25, 0.3) is 0 Å². The van der Waals surface area contributed by atoms with Gasteiger partial charge in [-0.1, -0.05) is 22.0 Å². The molecule has 0 unspecified atom stereocenters. The molecule has 1 aromatic carbocycles. The van der Waals surface area contributed by atoms with Gasteiger partial charge in [-0.05, 0) is 17.7 Å². The highest BCUT2D eigenvalue weighted by atomic mass is 79.9. The lowest BCUT2D eigenvalue weighted by Gasteiger charge is -2.22. The van der Waals surface area contributed by atoms with Gasteiger partial charge in [0, 0.05) is 56.4 Å². The Labute approximate surface area is 134 Å². The van der Waals surface area contributed by atoms with Gasteiger partial charge in [0.15, 0.2) is 0 Å². The lowest BCUT2D eigenvalue weighted by Crippen LogP contribution is -2.28. The second kappa shape index (κ2) is 8.36. The molecule has 1 aromatic rings. The standard InChI is InChI=1S/C15H22BrN3O2/c1-21-9-6-17-11-12-2-3-13(10-14(12)16)19-7-4-15(20)18-5-8-19/h2-3,10,17H,4-9,11H2,1H3,(H,18,20). The number of ether oxygens (including phenoxy) is 1. The Morgan fingerprint density at radius 2 is 2.29 bits per heavy atom. The average Bonchev–Trinajstić information content (AvgIpc) is 2.70. The molecule has 0 saturated carbocycles. The SMILES string of the molecule is COCCNCc1ccc(N2CCNC(=O)CC2)cc1Br. The van der Waals surface area contributed by atoms with Crippen molar-refractivity contribution in [3.8, 4) is 0 Å². The van der Waals surface area contributed by atoms with Crippen molar-refractivity contribution in [2.75, 3.05) is 44.8 Å². The van der Waals surface area contributed by atoms with E-state index in [4.69, 9.17) is 4.74 Å². The van der Waals surface area contributed by atoms with Crippen LogP contribution in [0.2, 0.25) is 0 Å². The maximum Gasteiger partial charge on any atom is 0.221 e. The molecular weight excluding hydrogens is 334 g/mol. The molecule has 0 radical (unpaired) electrons. The molecule has 2 rings (SSSR count). The molecule has 5 nitrogen and oxygen atoms in total. The summed E-state index contributed by atoms with van der Waals surface area (Å²) in [6.07, 6.45) is 0.554. The van der Waals surface area contributed by atoms with E-state index in [-0.39, 0.29) is 5.91 Å². The summed E-state index contributed by atoms with van der Waals surface area (Å²) in [5.41, 5.74) is 2.37. The molecule has 0 spiro atoms. The van der Waals surface area contributed by atoms with E-state index in [1.165, 1.54) is 5.56 Å². The molecule has 1 fully saturated rings. The van der Waals surface area contributed by atoms with Crippen LogP contribution < -0.4 is 15.5 Å². The minimum Gasteiger partial charge on any atom is -0.383 e. The number of amides is 1. The summed E-state index contributed by atoms with van der Waals surface area (Å²) in [7, 11) is 1.70. The summed E-state index contributed by atoms with van der Waals surface area (Å²) < 4.78 is 6.11. The van der Waals surface area contributed by atoms with Crippen LogP contribution in [-0.4, -0.2) is 45.8 Å². The third-order valence-corrected chi connectivity index (χ3v) is 4.25. The van der Waals surface area contributed by atoms with E-state index in [0.717, 1.165) is 36.3 Å². The molecule has 2 N–H and O–H groups in total. The Hall–Kier alpha value is -1.11. The highest BCUT2D eigenvalue weighted by molar-refractivity contribution is 9.10. The fraction of sp³-hybridized carbons (Fsp3) is 0.533. The molecule has 0 aliphatic carbocycles. The second-order valence-corrected chi connectivity index (χ2v) is 5.89. The Morgan fingerprint density at radius 1 is 1.43 bits per heavy atom. The van der Waals surface area contributed by atoms with E-state index in [9.17, 15) is 4.79 Å². The predicted octanol–water partition coefficient (Wildman–Crippen LogP) is 1.51. The number of methoxy groups -OCH3 is 1. The van der Waals surface area contributed by atoms with Gasteiger partial charge in [-0.2, -0.15) is 0 Å². The third kappa shape index (κ3) is 4.98. The summed E-state index contributed by atoms with van der Waals surface area (Å²) in [6, 6.07) is 6.37. The maximum atomic E-state index is 11.4. The van der Waals surface area contributed by atoms with Crippen molar-refractivity contribution in [3.05, 3.63) is 28.2 Å². The smallest absolute Gasteiger partial charge is 0.221 e. The van der Waals surface area contributed by atoms with Crippen LogP contribution in [0.3, 0.4) is 0 Å². The number of hydrogen-bond acceptors (Lipinski definition) is 4. The number of nitrogens with zero attached hydrogens (tertiary/aromatic N) is 1. The van der Waals surface area contributed by atoms with Crippen LogP contribution in [0.1, 0.15) is 12.0 Å². The Bertz CT molecular complexity index is 482. The number of anilines is 1. The molecule has 21 heavy (non-hydrogen) atoms. The minimum atomic E-state index is 0.135. The zero-order valence-corrected chi connectivity index (χ0v) is 13.9. The summed E-state index contributed by atoms with van der Waals surface area (Å²) in [5.74, 6) is 0.135. The number of benzene rings is 1. The van der Waals surface area contributed by atoms with E-state index in [0.29, 0.717) is 19.6 Å². The summed E-state index contributed by atoms with van der Waals surface area (Å²) in [6.45, 7) is 4.68. The van der Waals surface area contributed by atoms with E-state index in [1.807, 2.05) is 0 Å². The van der Waals surface area contributed by atoms with Gasteiger partial charge in [0.1, 0.15) is 0 Å². The molecule has 1 amide bonds. The van der Waals surface area contributed by atoms with Crippen LogP contribution in [0.5, 0.6) is 0 Å². The lowest BCUT2D eigenvalue weighted by atomic mass is 10.2. The van der Waals surface area contributed by atoms with Gasteiger partial charge < -0.3 is 20.3 Å². The van der Waals surface area contributed by atoms with E-state index < -0.39 is 0 Å². The lowest BCUT2D eigenvalue weighted by molar-refractivity contribution is -0.120. The van der Waals surface area contributed by atoms with Gasteiger partial charge in [-0.15, -0.1) is 0 Å². The molecule has 1 saturated heterocycles. The normalized spacial score (nSPS) is 15.7. The second-order valence-electron chi connectivity index (χ2n) is 5.03. The first-order valence-corrected chi connectivity index (χ1v) is 7.99. The van der Waals surface area contributed by atoms with E-state index in [1.54, 1.807) is 7.11 Å². The third-order valence-electron chi connectivity index (χ3n) is 3.51. The fourth-order valence-corrected chi connectivity index (χ4v) is 2.81. The van der Waals surface area contributed by atoms with Crippen molar-refractivity contribution in [2.45, 2.75) is 13.0 Å². The number of carbonyl (C=O) groups excluding carboxylic acids is 1. The van der Waals surface area contributed by atoms with Crippen molar-refractivity contribution in [3.63, 3.8) is 0 Å². The van der Waals surface area contributed by atoms with Crippen molar-refractivity contribution < 1.29 is 9.53 Å². The van der Waals surface area contributed by atoms with E-state index >= 15 is 0 Å². The number of halogens is 1. The summed E-state index contributed by atoms with van der Waals surface area (Å²) in [5, 5.41) is 6.23. The van der Waals surface area contributed by atoms with Gasteiger partial charge in [0.05, 0.1) is 6.61 Å². The molecule has 0 aromatic heterocycles. The molecule has 0 atom stereocenters. The first kappa shape index (κ1) is 16.3. The predicted molar refractivity (Wildman–Crippen MR) is 87.6 cm³/mol. The van der Waals surface area contributed by atoms with Crippen LogP contribution in [0, 0.1) is 0 Å². The van der Waals surface area contributed by atoms with Gasteiger partial charge in [-0.25, -0.2) is 0 Å². The van der Waals surface area contributed by atoms with Crippen LogP contribution in [0.25, 0.3) is 0 Å². The molecular formula is C15H22BrN3O2. The molecule has 6 heteroatoms. The Kier molecular flexibility index (Phi) is 6.48. The zero-order valence-electron chi connectivity index (χ0n) is 12.3. The topological polar surface area (TPSA) is 53.6 Å². The number of nitrogens with one attached hydrogen (secondary N) is 2. The first-order valence-electron chi connectivity index (χ1n) is 7.20. The monoisotopic (exact) mass is 355 g/mol. The molecule has 0 bridgehead atoms. The first-order chi connectivity index (χ1) is 10.2. The van der Waals surface area contributed by atoms with Crippen molar-refractivity contribution in [1.82, 2.24) is 10.6 Å². The summed E-state index contributed by atoms with van der Waals surface area (Å²) in [4.78, 5) is 13.6. The number of hydrogen-bond donors (Lipinski definition) is 2. The molecule has 1 aliphatic heterocycles. The van der Waals surface area contributed by atoms with Crippen LogP contribution in [0.15, 0.2) is 22.7 Å². The molecule has 116 valence electrons. The average molecular weight is 356 g/mol. The number of carbonyl (C=O) groups is 1.